The van der Waals surface area contributed by atoms with E-state index in [0.29, 0.717) is 19.1 Å². The fraction of sp³-hybridized carbons (Fsp3) is 0.818. The van der Waals surface area contributed by atoms with E-state index in [1.54, 1.807) is 13.8 Å². The summed E-state index contributed by atoms with van der Waals surface area (Å²) in [6, 6.07) is -0.458. The predicted molar refractivity (Wildman–Crippen MR) is 61.8 cm³/mol. The number of carbonyl (C=O) groups excluding carboxylic acids is 1. The SMILES string of the molecule is CC(C)N(CC(=O)O)C(=O)NCC1CCOC1. The molecule has 0 bridgehead atoms. The third kappa shape index (κ3) is 4.60. The van der Waals surface area contributed by atoms with Crippen LogP contribution in [0.1, 0.15) is 20.3 Å². The highest BCUT2D eigenvalue weighted by molar-refractivity contribution is 5.80. The molecule has 1 saturated heterocycles. The Hall–Kier alpha value is -1.30. The van der Waals surface area contributed by atoms with Gasteiger partial charge in [-0.05, 0) is 20.3 Å². The highest BCUT2D eigenvalue weighted by Gasteiger charge is 2.22. The molecule has 2 N–H and O–H groups in total. The van der Waals surface area contributed by atoms with Gasteiger partial charge in [0.25, 0.3) is 0 Å². The van der Waals surface area contributed by atoms with Crippen LogP contribution in [-0.2, 0) is 9.53 Å². The van der Waals surface area contributed by atoms with Gasteiger partial charge in [-0.2, -0.15) is 0 Å². The van der Waals surface area contributed by atoms with Crippen molar-refractivity contribution in [1.29, 1.82) is 0 Å². The molecule has 6 heteroatoms. The van der Waals surface area contributed by atoms with Crippen molar-refractivity contribution in [2.75, 3.05) is 26.3 Å². The number of carboxylic acids is 1. The molecule has 1 atom stereocenters. The third-order valence-electron chi connectivity index (χ3n) is 2.76. The van der Waals surface area contributed by atoms with Crippen LogP contribution in [0.5, 0.6) is 0 Å². The lowest BCUT2D eigenvalue weighted by molar-refractivity contribution is -0.138. The lowest BCUT2D eigenvalue weighted by atomic mass is 10.1. The van der Waals surface area contributed by atoms with E-state index in [2.05, 4.69) is 5.32 Å². The summed E-state index contributed by atoms with van der Waals surface area (Å²) in [5.74, 6) is -0.657. The zero-order valence-electron chi connectivity index (χ0n) is 10.3. The first-order chi connectivity index (χ1) is 8.00. The molecule has 6 nitrogen and oxygen atoms in total. The summed E-state index contributed by atoms with van der Waals surface area (Å²) >= 11 is 0. The molecule has 0 spiro atoms. The fourth-order valence-corrected chi connectivity index (χ4v) is 1.71. The number of urea groups is 1. The second kappa shape index (κ2) is 6.44. The van der Waals surface area contributed by atoms with Gasteiger partial charge in [-0.15, -0.1) is 0 Å². The molecule has 0 saturated carbocycles. The van der Waals surface area contributed by atoms with Crippen molar-refractivity contribution in [3.8, 4) is 0 Å². The van der Waals surface area contributed by atoms with Crippen molar-refractivity contribution in [1.82, 2.24) is 10.2 Å². The quantitative estimate of drug-likeness (QED) is 0.739. The van der Waals surface area contributed by atoms with Gasteiger partial charge < -0.3 is 20.1 Å². The van der Waals surface area contributed by atoms with Crippen LogP contribution in [0.15, 0.2) is 0 Å². The van der Waals surface area contributed by atoms with Gasteiger partial charge in [0.05, 0.1) is 6.61 Å². The van der Waals surface area contributed by atoms with Crippen molar-refractivity contribution < 1.29 is 19.4 Å². The van der Waals surface area contributed by atoms with E-state index in [0.717, 1.165) is 13.0 Å². The summed E-state index contributed by atoms with van der Waals surface area (Å²) in [4.78, 5) is 23.7. The summed E-state index contributed by atoms with van der Waals surface area (Å²) in [6.07, 6.45) is 0.945. The molecule has 1 heterocycles. The zero-order chi connectivity index (χ0) is 12.8. The molecule has 0 aromatic heterocycles. The second-order valence-corrected chi connectivity index (χ2v) is 4.53. The van der Waals surface area contributed by atoms with Crippen LogP contribution in [0.25, 0.3) is 0 Å². The molecule has 1 aliphatic heterocycles. The fourth-order valence-electron chi connectivity index (χ4n) is 1.71. The summed E-state index contributed by atoms with van der Waals surface area (Å²) in [5, 5.41) is 11.5. The van der Waals surface area contributed by atoms with E-state index in [-0.39, 0.29) is 18.6 Å². The van der Waals surface area contributed by atoms with Crippen LogP contribution in [0.2, 0.25) is 0 Å². The third-order valence-corrected chi connectivity index (χ3v) is 2.76. The Morgan fingerprint density at radius 1 is 1.53 bits per heavy atom. The minimum absolute atomic E-state index is 0.133. The van der Waals surface area contributed by atoms with E-state index >= 15 is 0 Å². The first-order valence-corrected chi connectivity index (χ1v) is 5.84. The smallest absolute Gasteiger partial charge is 0.323 e. The van der Waals surface area contributed by atoms with Gasteiger partial charge in [-0.1, -0.05) is 0 Å². The molecule has 1 unspecified atom stereocenters. The normalized spacial score (nSPS) is 19.4. The number of carboxylic acid groups (broad SMARTS) is 1. The maximum absolute atomic E-state index is 11.8. The molecule has 0 aromatic rings. The van der Waals surface area contributed by atoms with Gasteiger partial charge >= 0.3 is 12.0 Å². The number of nitrogens with zero attached hydrogens (tertiary/aromatic N) is 1. The highest BCUT2D eigenvalue weighted by atomic mass is 16.5. The lowest BCUT2D eigenvalue weighted by Crippen LogP contribution is -2.47. The number of carbonyl (C=O) groups is 2. The van der Waals surface area contributed by atoms with Gasteiger partial charge in [-0.3, -0.25) is 4.79 Å². The molecule has 1 aliphatic rings. The lowest BCUT2D eigenvalue weighted by Gasteiger charge is -2.25. The molecule has 2 amide bonds. The first kappa shape index (κ1) is 13.8. The largest absolute Gasteiger partial charge is 0.480 e. The maximum atomic E-state index is 11.8. The molecule has 98 valence electrons. The molecule has 0 aliphatic carbocycles. The number of nitrogens with one attached hydrogen (secondary N) is 1. The number of rotatable bonds is 5. The molecular weight excluding hydrogens is 224 g/mol. The summed E-state index contributed by atoms with van der Waals surface area (Å²) in [7, 11) is 0. The van der Waals surface area contributed by atoms with Crippen LogP contribution in [0, 0.1) is 5.92 Å². The minimum Gasteiger partial charge on any atom is -0.480 e. The average molecular weight is 244 g/mol. The van der Waals surface area contributed by atoms with Crippen LogP contribution in [0.4, 0.5) is 4.79 Å². The van der Waals surface area contributed by atoms with Gasteiger partial charge in [0.2, 0.25) is 0 Å². The van der Waals surface area contributed by atoms with Crippen molar-refractivity contribution in [3.63, 3.8) is 0 Å². The van der Waals surface area contributed by atoms with Gasteiger partial charge in [0, 0.05) is 25.1 Å². The van der Waals surface area contributed by atoms with Crippen molar-refractivity contribution >= 4 is 12.0 Å². The molecule has 17 heavy (non-hydrogen) atoms. The van der Waals surface area contributed by atoms with Crippen LogP contribution in [0.3, 0.4) is 0 Å². The standard InChI is InChI=1S/C11H20N2O4/c1-8(2)13(6-10(14)15)11(16)12-5-9-3-4-17-7-9/h8-9H,3-7H2,1-2H3,(H,12,16)(H,14,15). The molecule has 0 aromatic carbocycles. The number of hydrogen-bond donors (Lipinski definition) is 2. The summed E-state index contributed by atoms with van der Waals surface area (Å²) in [5.41, 5.74) is 0. The highest BCUT2D eigenvalue weighted by Crippen LogP contribution is 2.10. The van der Waals surface area contributed by atoms with Crippen molar-refractivity contribution in [2.24, 2.45) is 5.92 Å². The molecule has 0 radical (unpaired) electrons. The van der Waals surface area contributed by atoms with Gasteiger partial charge in [0.15, 0.2) is 0 Å². The topological polar surface area (TPSA) is 78.9 Å². The second-order valence-electron chi connectivity index (χ2n) is 4.53. The Balaban J connectivity index is 2.38. The van der Waals surface area contributed by atoms with Crippen LogP contribution >= 0.6 is 0 Å². The Morgan fingerprint density at radius 3 is 2.71 bits per heavy atom. The van der Waals surface area contributed by atoms with E-state index in [9.17, 15) is 9.59 Å². The van der Waals surface area contributed by atoms with E-state index in [1.807, 2.05) is 0 Å². The number of ether oxygens (including phenoxy) is 1. The Bertz CT molecular complexity index is 275. The first-order valence-electron chi connectivity index (χ1n) is 5.84. The van der Waals surface area contributed by atoms with E-state index in [4.69, 9.17) is 9.84 Å². The Morgan fingerprint density at radius 2 is 2.24 bits per heavy atom. The molecular formula is C11H20N2O4. The molecule has 1 rings (SSSR count). The van der Waals surface area contributed by atoms with Crippen molar-refractivity contribution in [3.05, 3.63) is 0 Å². The summed E-state index contributed by atoms with van der Waals surface area (Å²) < 4.78 is 5.20. The predicted octanol–water partition coefficient (Wildman–Crippen LogP) is 0.527. The number of hydrogen-bond acceptors (Lipinski definition) is 3. The maximum Gasteiger partial charge on any atom is 0.323 e. The monoisotopic (exact) mass is 244 g/mol. The minimum atomic E-state index is -1.00. The number of aliphatic carboxylic acids is 1. The zero-order valence-corrected chi connectivity index (χ0v) is 10.3. The van der Waals surface area contributed by atoms with E-state index < -0.39 is 5.97 Å². The Kier molecular flexibility index (Phi) is 5.21. The van der Waals surface area contributed by atoms with Crippen LogP contribution in [-0.4, -0.2) is 54.4 Å². The van der Waals surface area contributed by atoms with Crippen LogP contribution < -0.4 is 5.32 Å². The molecule has 1 fully saturated rings. The number of amides is 2. The van der Waals surface area contributed by atoms with Gasteiger partial charge in [0.1, 0.15) is 6.54 Å². The van der Waals surface area contributed by atoms with Gasteiger partial charge in [-0.25, -0.2) is 4.79 Å². The average Bonchev–Trinajstić information content (AvgIpc) is 2.74. The summed E-state index contributed by atoms with van der Waals surface area (Å²) in [6.45, 7) is 5.26. The Labute approximate surface area is 101 Å². The van der Waals surface area contributed by atoms with Crippen molar-refractivity contribution in [2.45, 2.75) is 26.3 Å². The van der Waals surface area contributed by atoms with E-state index in [1.165, 1.54) is 4.90 Å².